The third-order valence-electron chi connectivity index (χ3n) is 4.20. The number of nitrogens with zero attached hydrogens (tertiary/aromatic N) is 1. The second-order valence-electron chi connectivity index (χ2n) is 5.45. The van der Waals surface area contributed by atoms with Gasteiger partial charge in [0.15, 0.2) is 0 Å². The second kappa shape index (κ2) is 3.98. The third kappa shape index (κ3) is 1.73. The van der Waals surface area contributed by atoms with E-state index in [0.717, 1.165) is 18.2 Å². The molecule has 0 amide bonds. The van der Waals surface area contributed by atoms with Crippen LogP contribution < -0.4 is 10.6 Å². The number of halogens is 1. The molecule has 3 unspecified atom stereocenters. The van der Waals surface area contributed by atoms with E-state index < -0.39 is 0 Å². The lowest BCUT2D eigenvalue weighted by Crippen LogP contribution is -2.33. The Morgan fingerprint density at radius 2 is 2.24 bits per heavy atom. The number of rotatable bonds is 2. The van der Waals surface area contributed by atoms with Crippen LogP contribution in [0.5, 0.6) is 0 Å². The Morgan fingerprint density at radius 3 is 2.82 bits per heavy atom. The predicted octanol–water partition coefficient (Wildman–Crippen LogP) is 2.83. The van der Waals surface area contributed by atoms with E-state index in [-0.39, 0.29) is 11.9 Å². The summed E-state index contributed by atoms with van der Waals surface area (Å²) in [6, 6.07) is 5.69. The van der Waals surface area contributed by atoms with Gasteiger partial charge in [0.25, 0.3) is 0 Å². The molecule has 0 aromatic heterocycles. The van der Waals surface area contributed by atoms with Gasteiger partial charge < -0.3 is 10.6 Å². The molecular formula is C14H19FN2. The van der Waals surface area contributed by atoms with Crippen molar-refractivity contribution < 1.29 is 4.39 Å². The quantitative estimate of drug-likeness (QED) is 0.852. The summed E-state index contributed by atoms with van der Waals surface area (Å²) in [5.74, 6) is 0.643. The van der Waals surface area contributed by atoms with Gasteiger partial charge in [-0.2, -0.15) is 0 Å². The molecule has 1 aromatic carbocycles. The lowest BCUT2D eigenvalue weighted by atomic mass is 10.0. The zero-order valence-corrected chi connectivity index (χ0v) is 10.2. The zero-order valence-electron chi connectivity index (χ0n) is 10.2. The van der Waals surface area contributed by atoms with Gasteiger partial charge in [0.2, 0.25) is 0 Å². The van der Waals surface area contributed by atoms with Gasteiger partial charge in [-0.25, -0.2) is 4.39 Å². The molecule has 2 nitrogen and oxygen atoms in total. The molecule has 1 saturated heterocycles. The van der Waals surface area contributed by atoms with E-state index in [2.05, 4.69) is 4.90 Å². The predicted molar refractivity (Wildman–Crippen MR) is 67.5 cm³/mol. The van der Waals surface area contributed by atoms with Crippen LogP contribution in [0, 0.1) is 11.7 Å². The smallest absolute Gasteiger partial charge is 0.130 e. The molecule has 0 spiro atoms. The molecule has 3 heteroatoms. The third-order valence-corrected chi connectivity index (χ3v) is 4.20. The van der Waals surface area contributed by atoms with Crippen molar-refractivity contribution in [2.24, 2.45) is 11.7 Å². The molecule has 3 atom stereocenters. The second-order valence-corrected chi connectivity index (χ2v) is 5.45. The maximum absolute atomic E-state index is 13.9. The first-order valence-corrected chi connectivity index (χ1v) is 6.47. The molecule has 2 aliphatic rings. The van der Waals surface area contributed by atoms with E-state index in [9.17, 15) is 4.39 Å². The highest BCUT2D eigenvalue weighted by Crippen LogP contribution is 2.42. The molecule has 1 heterocycles. The first-order valence-electron chi connectivity index (χ1n) is 6.47. The molecule has 1 saturated carbocycles. The van der Waals surface area contributed by atoms with Gasteiger partial charge in [-0.3, -0.25) is 0 Å². The average Bonchev–Trinajstić information content (AvgIpc) is 2.89. The van der Waals surface area contributed by atoms with Crippen LogP contribution in [-0.4, -0.2) is 12.6 Å². The molecule has 1 aliphatic heterocycles. The summed E-state index contributed by atoms with van der Waals surface area (Å²) in [7, 11) is 0. The Kier molecular flexibility index (Phi) is 2.58. The van der Waals surface area contributed by atoms with Gasteiger partial charge in [-0.15, -0.1) is 0 Å². The number of nitrogens with two attached hydrogens (primary N) is 1. The SMILES string of the molecule is CC(N)c1c(F)cccc1N1CC2CCC1C2. The van der Waals surface area contributed by atoms with Crippen LogP contribution in [0.1, 0.15) is 37.8 Å². The van der Waals surface area contributed by atoms with Gasteiger partial charge in [-0.05, 0) is 44.2 Å². The lowest BCUT2D eigenvalue weighted by molar-refractivity contribution is 0.545. The van der Waals surface area contributed by atoms with Gasteiger partial charge >= 0.3 is 0 Å². The molecule has 17 heavy (non-hydrogen) atoms. The van der Waals surface area contributed by atoms with E-state index in [1.165, 1.54) is 25.3 Å². The van der Waals surface area contributed by atoms with E-state index in [4.69, 9.17) is 5.73 Å². The summed E-state index contributed by atoms with van der Waals surface area (Å²) in [5, 5.41) is 0. The Hall–Kier alpha value is -1.09. The summed E-state index contributed by atoms with van der Waals surface area (Å²) in [4.78, 5) is 2.37. The van der Waals surface area contributed by atoms with Crippen molar-refractivity contribution in [1.29, 1.82) is 0 Å². The van der Waals surface area contributed by atoms with Crippen molar-refractivity contribution >= 4 is 5.69 Å². The number of piperidine rings is 1. The molecule has 1 aromatic rings. The van der Waals surface area contributed by atoms with Crippen molar-refractivity contribution in [2.45, 2.75) is 38.3 Å². The lowest BCUT2D eigenvalue weighted by Gasteiger charge is -2.32. The van der Waals surface area contributed by atoms with Gasteiger partial charge in [0.1, 0.15) is 5.82 Å². The fraction of sp³-hybridized carbons (Fsp3) is 0.571. The van der Waals surface area contributed by atoms with Crippen molar-refractivity contribution in [3.63, 3.8) is 0 Å². The number of hydrogen-bond donors (Lipinski definition) is 1. The number of benzene rings is 1. The molecule has 2 bridgehead atoms. The largest absolute Gasteiger partial charge is 0.368 e. The zero-order chi connectivity index (χ0) is 12.0. The maximum atomic E-state index is 13.9. The summed E-state index contributed by atoms with van der Waals surface area (Å²) < 4.78 is 13.9. The number of hydrogen-bond acceptors (Lipinski definition) is 2. The van der Waals surface area contributed by atoms with Gasteiger partial charge in [0, 0.05) is 29.9 Å². The van der Waals surface area contributed by atoms with Crippen molar-refractivity contribution in [3.8, 4) is 0 Å². The number of fused-ring (bicyclic) bond motifs is 2. The topological polar surface area (TPSA) is 29.3 Å². The minimum Gasteiger partial charge on any atom is -0.368 e. The normalized spacial score (nSPS) is 28.8. The monoisotopic (exact) mass is 234 g/mol. The minimum atomic E-state index is -0.245. The molecule has 0 radical (unpaired) electrons. The summed E-state index contributed by atoms with van der Waals surface area (Å²) in [6.45, 7) is 2.93. The van der Waals surface area contributed by atoms with Crippen molar-refractivity contribution in [2.75, 3.05) is 11.4 Å². The van der Waals surface area contributed by atoms with E-state index in [1.807, 2.05) is 13.0 Å². The molecule has 3 rings (SSSR count). The molecule has 2 fully saturated rings. The highest BCUT2D eigenvalue weighted by molar-refractivity contribution is 5.57. The Bertz CT molecular complexity index is 430. The number of anilines is 1. The Labute approximate surface area is 102 Å². The first-order chi connectivity index (χ1) is 8.16. The Morgan fingerprint density at radius 1 is 1.41 bits per heavy atom. The van der Waals surface area contributed by atoms with Gasteiger partial charge in [0.05, 0.1) is 0 Å². The molecular weight excluding hydrogens is 215 g/mol. The van der Waals surface area contributed by atoms with Crippen LogP contribution in [0.3, 0.4) is 0 Å². The van der Waals surface area contributed by atoms with Gasteiger partial charge in [-0.1, -0.05) is 6.07 Å². The summed E-state index contributed by atoms with van der Waals surface area (Å²) in [5.41, 5.74) is 7.62. The minimum absolute atomic E-state index is 0.166. The molecule has 1 aliphatic carbocycles. The first kappa shape index (κ1) is 11.0. The average molecular weight is 234 g/mol. The van der Waals surface area contributed by atoms with Crippen LogP contribution in [0.15, 0.2) is 18.2 Å². The van der Waals surface area contributed by atoms with E-state index in [1.54, 1.807) is 6.07 Å². The van der Waals surface area contributed by atoms with Crippen LogP contribution >= 0.6 is 0 Å². The van der Waals surface area contributed by atoms with Crippen LogP contribution in [0.25, 0.3) is 0 Å². The van der Waals surface area contributed by atoms with E-state index >= 15 is 0 Å². The highest BCUT2D eigenvalue weighted by Gasteiger charge is 2.38. The van der Waals surface area contributed by atoms with Crippen molar-refractivity contribution in [1.82, 2.24) is 0 Å². The summed E-state index contributed by atoms with van der Waals surface area (Å²) >= 11 is 0. The van der Waals surface area contributed by atoms with E-state index in [0.29, 0.717) is 11.6 Å². The fourth-order valence-corrected chi connectivity index (χ4v) is 3.45. The van der Waals surface area contributed by atoms with Crippen LogP contribution in [0.2, 0.25) is 0 Å². The summed E-state index contributed by atoms with van der Waals surface area (Å²) in [6.07, 6.45) is 3.86. The molecule has 2 N–H and O–H groups in total. The van der Waals surface area contributed by atoms with Crippen LogP contribution in [0.4, 0.5) is 10.1 Å². The molecule has 92 valence electrons. The highest BCUT2D eigenvalue weighted by atomic mass is 19.1. The fourth-order valence-electron chi connectivity index (χ4n) is 3.45. The standard InChI is InChI=1S/C14H19FN2/c1-9(16)14-12(15)3-2-4-13(14)17-8-10-5-6-11(17)7-10/h2-4,9-11H,5-8,16H2,1H3. The Balaban J connectivity index is 2.00. The maximum Gasteiger partial charge on any atom is 0.130 e. The van der Waals surface area contributed by atoms with Crippen LogP contribution in [-0.2, 0) is 0 Å². The van der Waals surface area contributed by atoms with Crippen molar-refractivity contribution in [3.05, 3.63) is 29.6 Å².